The first-order valence-corrected chi connectivity index (χ1v) is 9.94. The van der Waals surface area contributed by atoms with Crippen molar-refractivity contribution in [3.05, 3.63) is 52.9 Å². The van der Waals surface area contributed by atoms with Gasteiger partial charge in [-0.2, -0.15) is 0 Å². The van der Waals surface area contributed by atoms with E-state index < -0.39 is 5.60 Å². The van der Waals surface area contributed by atoms with Crippen molar-refractivity contribution in [2.45, 2.75) is 39.2 Å². The van der Waals surface area contributed by atoms with Crippen LogP contribution in [0.2, 0.25) is 5.02 Å². The Bertz CT molecular complexity index is 822. The molecule has 1 aromatic heterocycles. The molecule has 6 nitrogen and oxygen atoms in total. The first-order valence-electron chi connectivity index (χ1n) is 9.57. The fourth-order valence-electron chi connectivity index (χ4n) is 3.15. The third-order valence-electron chi connectivity index (χ3n) is 4.47. The molecule has 1 aromatic carbocycles. The predicted molar refractivity (Wildman–Crippen MR) is 111 cm³/mol. The molecule has 28 heavy (non-hydrogen) atoms. The molecule has 1 atom stereocenters. The normalized spacial score (nSPS) is 16.9. The molecule has 1 aliphatic heterocycles. The van der Waals surface area contributed by atoms with Crippen LogP contribution in [0.4, 0.5) is 10.6 Å². The van der Waals surface area contributed by atoms with Gasteiger partial charge in [0.05, 0.1) is 0 Å². The van der Waals surface area contributed by atoms with Crippen molar-refractivity contribution < 1.29 is 9.53 Å². The topological polar surface area (TPSA) is 67.3 Å². The van der Waals surface area contributed by atoms with Crippen molar-refractivity contribution in [2.24, 2.45) is 5.92 Å². The molecule has 0 bridgehead atoms. The molecular formula is C21H27ClN4O2. The molecule has 0 radical (unpaired) electrons. The Hall–Kier alpha value is -2.34. The fourth-order valence-corrected chi connectivity index (χ4v) is 3.37. The van der Waals surface area contributed by atoms with Crippen molar-refractivity contribution in [1.82, 2.24) is 14.9 Å². The molecule has 0 aliphatic carbocycles. The molecule has 2 aromatic rings. The van der Waals surface area contributed by atoms with Gasteiger partial charge in [-0.1, -0.05) is 23.7 Å². The van der Waals surface area contributed by atoms with Gasteiger partial charge in [0, 0.05) is 37.3 Å². The number of likely N-dealkylation sites (tertiary alicyclic amines) is 1. The van der Waals surface area contributed by atoms with Crippen molar-refractivity contribution in [3.8, 4) is 0 Å². The standard InChI is InChI=1S/C21H27ClN4O2/c1-21(2,3)28-20(27)26-10-8-16(14-26)13-24-18-7-9-23-19(25-18)12-15-5-4-6-17(22)11-15/h4-7,9,11,16H,8,10,12-14H2,1-3H3,(H,23,24,25)/t16-/m0/s1. The Labute approximate surface area is 171 Å². The summed E-state index contributed by atoms with van der Waals surface area (Å²) in [5.41, 5.74) is 0.613. The highest BCUT2D eigenvalue weighted by Gasteiger charge is 2.29. The van der Waals surface area contributed by atoms with Crippen LogP contribution in [-0.2, 0) is 11.2 Å². The molecule has 1 fully saturated rings. The molecule has 0 saturated carbocycles. The van der Waals surface area contributed by atoms with Crippen LogP contribution in [-0.4, -0.2) is 46.2 Å². The molecule has 0 spiro atoms. The number of anilines is 1. The first-order chi connectivity index (χ1) is 13.3. The van der Waals surface area contributed by atoms with Crippen molar-refractivity contribution >= 4 is 23.5 Å². The number of hydrogen-bond donors (Lipinski definition) is 1. The summed E-state index contributed by atoms with van der Waals surface area (Å²) in [5, 5.41) is 4.09. The summed E-state index contributed by atoms with van der Waals surface area (Å²) in [6, 6.07) is 9.58. The summed E-state index contributed by atoms with van der Waals surface area (Å²) in [6.07, 6.45) is 3.11. The SMILES string of the molecule is CC(C)(C)OC(=O)N1CC[C@@H](CNc2ccnc(Cc3cccc(Cl)c3)n2)C1. The van der Waals surface area contributed by atoms with Gasteiger partial charge in [-0.05, 0) is 56.9 Å². The van der Waals surface area contributed by atoms with Gasteiger partial charge in [0.2, 0.25) is 0 Å². The lowest BCUT2D eigenvalue weighted by Gasteiger charge is -2.24. The van der Waals surface area contributed by atoms with Gasteiger partial charge in [-0.25, -0.2) is 14.8 Å². The fraction of sp³-hybridized carbons (Fsp3) is 0.476. The third-order valence-corrected chi connectivity index (χ3v) is 4.70. The smallest absolute Gasteiger partial charge is 0.410 e. The Kier molecular flexibility index (Phi) is 6.39. The number of ether oxygens (including phenoxy) is 1. The largest absolute Gasteiger partial charge is 0.444 e. The first kappa shape index (κ1) is 20.4. The van der Waals surface area contributed by atoms with E-state index in [0.717, 1.165) is 36.7 Å². The van der Waals surface area contributed by atoms with E-state index in [2.05, 4.69) is 15.3 Å². The highest BCUT2D eigenvalue weighted by atomic mass is 35.5. The quantitative estimate of drug-likeness (QED) is 0.803. The number of nitrogens with zero attached hydrogens (tertiary/aromatic N) is 3. The van der Waals surface area contributed by atoms with E-state index in [9.17, 15) is 4.79 Å². The molecule has 2 heterocycles. The van der Waals surface area contributed by atoms with E-state index in [0.29, 0.717) is 23.9 Å². The number of rotatable bonds is 5. The number of aromatic nitrogens is 2. The van der Waals surface area contributed by atoms with Crippen LogP contribution in [0, 0.1) is 5.92 Å². The lowest BCUT2D eigenvalue weighted by atomic mass is 10.1. The second-order valence-electron chi connectivity index (χ2n) is 8.13. The predicted octanol–water partition coefficient (Wildman–Crippen LogP) is 4.39. The Morgan fingerprint density at radius 3 is 2.93 bits per heavy atom. The van der Waals surface area contributed by atoms with Crippen molar-refractivity contribution in [1.29, 1.82) is 0 Å². The Balaban J connectivity index is 1.51. The maximum absolute atomic E-state index is 12.2. The molecule has 3 rings (SSSR count). The van der Waals surface area contributed by atoms with Crippen LogP contribution < -0.4 is 5.32 Å². The molecule has 1 N–H and O–H groups in total. The number of carbonyl (C=O) groups excluding carboxylic acids is 1. The average molecular weight is 403 g/mol. The maximum atomic E-state index is 12.2. The summed E-state index contributed by atoms with van der Waals surface area (Å²) in [4.78, 5) is 22.9. The summed E-state index contributed by atoms with van der Waals surface area (Å²) in [6.45, 7) is 7.84. The average Bonchev–Trinajstić information content (AvgIpc) is 3.08. The molecule has 150 valence electrons. The molecule has 7 heteroatoms. The summed E-state index contributed by atoms with van der Waals surface area (Å²) in [5.74, 6) is 1.91. The van der Waals surface area contributed by atoms with Crippen LogP contribution in [0.5, 0.6) is 0 Å². The molecule has 1 saturated heterocycles. The number of carbonyl (C=O) groups is 1. The van der Waals surface area contributed by atoms with E-state index in [4.69, 9.17) is 16.3 Å². The Morgan fingerprint density at radius 2 is 2.18 bits per heavy atom. The van der Waals surface area contributed by atoms with Gasteiger partial charge in [0.25, 0.3) is 0 Å². The van der Waals surface area contributed by atoms with Gasteiger partial charge in [0.1, 0.15) is 17.2 Å². The summed E-state index contributed by atoms with van der Waals surface area (Å²) >= 11 is 6.04. The summed E-state index contributed by atoms with van der Waals surface area (Å²) in [7, 11) is 0. The van der Waals surface area contributed by atoms with E-state index in [1.54, 1.807) is 11.1 Å². The van der Waals surface area contributed by atoms with Gasteiger partial charge >= 0.3 is 6.09 Å². The van der Waals surface area contributed by atoms with Crippen LogP contribution in [0.25, 0.3) is 0 Å². The van der Waals surface area contributed by atoms with Crippen molar-refractivity contribution in [2.75, 3.05) is 25.0 Å². The molecular weight excluding hydrogens is 376 g/mol. The zero-order valence-corrected chi connectivity index (χ0v) is 17.4. The van der Waals surface area contributed by atoms with Gasteiger partial charge in [-0.3, -0.25) is 0 Å². The third kappa shape index (κ3) is 6.09. The zero-order valence-electron chi connectivity index (χ0n) is 16.6. The van der Waals surface area contributed by atoms with Gasteiger partial charge < -0.3 is 15.0 Å². The van der Waals surface area contributed by atoms with Gasteiger partial charge in [0.15, 0.2) is 0 Å². The second-order valence-corrected chi connectivity index (χ2v) is 8.56. The van der Waals surface area contributed by atoms with E-state index in [1.807, 2.05) is 51.1 Å². The number of halogens is 1. The van der Waals surface area contributed by atoms with E-state index in [1.165, 1.54) is 0 Å². The number of benzene rings is 1. The lowest BCUT2D eigenvalue weighted by Crippen LogP contribution is -2.35. The second kappa shape index (κ2) is 8.78. The summed E-state index contributed by atoms with van der Waals surface area (Å²) < 4.78 is 5.45. The zero-order chi connectivity index (χ0) is 20.1. The minimum Gasteiger partial charge on any atom is -0.444 e. The highest BCUT2D eigenvalue weighted by Crippen LogP contribution is 2.20. The van der Waals surface area contributed by atoms with Crippen LogP contribution >= 0.6 is 11.6 Å². The number of hydrogen-bond acceptors (Lipinski definition) is 5. The lowest BCUT2D eigenvalue weighted by molar-refractivity contribution is 0.0289. The molecule has 1 aliphatic rings. The van der Waals surface area contributed by atoms with E-state index >= 15 is 0 Å². The monoisotopic (exact) mass is 402 g/mol. The molecule has 0 unspecified atom stereocenters. The highest BCUT2D eigenvalue weighted by molar-refractivity contribution is 6.30. The minimum absolute atomic E-state index is 0.235. The maximum Gasteiger partial charge on any atom is 0.410 e. The van der Waals surface area contributed by atoms with Crippen LogP contribution in [0.1, 0.15) is 38.6 Å². The van der Waals surface area contributed by atoms with Gasteiger partial charge in [-0.15, -0.1) is 0 Å². The Morgan fingerprint density at radius 1 is 1.36 bits per heavy atom. The molecule has 1 amide bonds. The minimum atomic E-state index is -0.465. The number of nitrogens with one attached hydrogen (secondary N) is 1. The van der Waals surface area contributed by atoms with Crippen LogP contribution in [0.15, 0.2) is 36.5 Å². The number of amides is 1. The van der Waals surface area contributed by atoms with Crippen LogP contribution in [0.3, 0.4) is 0 Å². The van der Waals surface area contributed by atoms with Crippen molar-refractivity contribution in [3.63, 3.8) is 0 Å². The van der Waals surface area contributed by atoms with E-state index in [-0.39, 0.29) is 6.09 Å².